The summed E-state index contributed by atoms with van der Waals surface area (Å²) in [5.74, 6) is -1.01. The van der Waals surface area contributed by atoms with Gasteiger partial charge in [-0.3, -0.25) is 4.79 Å². The van der Waals surface area contributed by atoms with Crippen LogP contribution in [0.4, 0.5) is 0 Å². The van der Waals surface area contributed by atoms with Gasteiger partial charge in [0.1, 0.15) is 17.6 Å². The first-order chi connectivity index (χ1) is 9.72. The van der Waals surface area contributed by atoms with Crippen LogP contribution in [0.3, 0.4) is 0 Å². The third-order valence-electron chi connectivity index (χ3n) is 2.80. The van der Waals surface area contributed by atoms with Gasteiger partial charge in [-0.05, 0) is 12.3 Å². The van der Waals surface area contributed by atoms with E-state index in [4.69, 9.17) is 16.7 Å². The molecule has 0 aliphatic heterocycles. The first-order valence-electron chi connectivity index (χ1n) is 6.78. The van der Waals surface area contributed by atoms with Crippen molar-refractivity contribution in [2.24, 2.45) is 5.92 Å². The molecule has 1 atom stereocenters. The van der Waals surface area contributed by atoms with Gasteiger partial charge < -0.3 is 10.4 Å². The lowest BCUT2D eigenvalue weighted by atomic mass is 10.0. The van der Waals surface area contributed by atoms with Crippen LogP contribution in [0.25, 0.3) is 0 Å². The van der Waals surface area contributed by atoms with Crippen LogP contribution in [0.5, 0.6) is 0 Å². The van der Waals surface area contributed by atoms with Crippen LogP contribution >= 0.6 is 11.6 Å². The van der Waals surface area contributed by atoms with Crippen molar-refractivity contribution in [3.63, 3.8) is 0 Å². The van der Waals surface area contributed by atoms with Crippen molar-refractivity contribution >= 4 is 23.5 Å². The number of carboxylic acid groups (broad SMARTS) is 1. The Kier molecular flexibility index (Phi) is 6.08. The Balaban J connectivity index is 2.97. The second-order valence-electron chi connectivity index (χ2n) is 5.57. The van der Waals surface area contributed by atoms with E-state index in [2.05, 4.69) is 15.3 Å². The van der Waals surface area contributed by atoms with Crippen molar-refractivity contribution in [3.05, 3.63) is 22.7 Å². The number of aromatic nitrogens is 2. The highest BCUT2D eigenvalue weighted by Gasteiger charge is 2.24. The Labute approximate surface area is 128 Å². The van der Waals surface area contributed by atoms with E-state index in [1.54, 1.807) is 0 Å². The molecule has 1 aromatic heterocycles. The van der Waals surface area contributed by atoms with Crippen molar-refractivity contribution in [2.45, 2.75) is 46.1 Å². The molecule has 0 aromatic carbocycles. The lowest BCUT2D eigenvalue weighted by molar-refractivity contribution is -0.139. The average molecular weight is 314 g/mol. The Morgan fingerprint density at radius 2 is 1.95 bits per heavy atom. The molecule has 6 nitrogen and oxygen atoms in total. The predicted molar refractivity (Wildman–Crippen MR) is 79.5 cm³/mol. The lowest BCUT2D eigenvalue weighted by Gasteiger charge is -2.16. The summed E-state index contributed by atoms with van der Waals surface area (Å²) in [5.41, 5.74) is 0.00497. The van der Waals surface area contributed by atoms with Gasteiger partial charge in [-0.15, -0.1) is 0 Å². The van der Waals surface area contributed by atoms with Gasteiger partial charge in [-0.2, -0.15) is 0 Å². The van der Waals surface area contributed by atoms with Gasteiger partial charge in [0.15, 0.2) is 0 Å². The van der Waals surface area contributed by atoms with Gasteiger partial charge in [0, 0.05) is 5.92 Å². The first-order valence-corrected chi connectivity index (χ1v) is 7.16. The number of rotatable bonds is 6. The molecular formula is C14H20ClN3O3. The summed E-state index contributed by atoms with van der Waals surface area (Å²) in [5, 5.41) is 11.7. The van der Waals surface area contributed by atoms with E-state index in [-0.39, 0.29) is 22.6 Å². The highest BCUT2D eigenvalue weighted by Crippen LogP contribution is 2.17. The SMILES string of the molecule is CC(C)C[C@H](NC(=O)c1nc(C(C)C)ncc1Cl)C(=O)O. The molecule has 21 heavy (non-hydrogen) atoms. The average Bonchev–Trinajstić information content (AvgIpc) is 2.37. The quantitative estimate of drug-likeness (QED) is 0.841. The minimum Gasteiger partial charge on any atom is -0.480 e. The van der Waals surface area contributed by atoms with E-state index in [9.17, 15) is 9.59 Å². The molecule has 0 bridgehead atoms. The van der Waals surface area contributed by atoms with Gasteiger partial charge in [-0.1, -0.05) is 39.3 Å². The third-order valence-corrected chi connectivity index (χ3v) is 3.08. The van der Waals surface area contributed by atoms with E-state index in [1.807, 2.05) is 27.7 Å². The summed E-state index contributed by atoms with van der Waals surface area (Å²) in [6.45, 7) is 7.56. The van der Waals surface area contributed by atoms with Crippen molar-refractivity contribution in [1.82, 2.24) is 15.3 Å². The molecule has 0 aliphatic rings. The molecule has 1 amide bonds. The number of hydrogen-bond acceptors (Lipinski definition) is 4. The summed E-state index contributed by atoms with van der Waals surface area (Å²) < 4.78 is 0. The van der Waals surface area contributed by atoms with Gasteiger partial charge >= 0.3 is 5.97 Å². The number of halogens is 1. The van der Waals surface area contributed by atoms with E-state index in [1.165, 1.54) is 6.20 Å². The fourth-order valence-electron chi connectivity index (χ4n) is 1.74. The smallest absolute Gasteiger partial charge is 0.326 e. The Morgan fingerprint density at radius 1 is 1.33 bits per heavy atom. The molecule has 0 saturated heterocycles. The monoisotopic (exact) mass is 313 g/mol. The Hall–Kier alpha value is -1.69. The summed E-state index contributed by atoms with van der Waals surface area (Å²) in [7, 11) is 0. The summed E-state index contributed by atoms with van der Waals surface area (Å²) in [6.07, 6.45) is 1.69. The number of amides is 1. The maximum Gasteiger partial charge on any atom is 0.326 e. The predicted octanol–water partition coefficient (Wildman–Crippen LogP) is 2.48. The van der Waals surface area contributed by atoms with Crippen LogP contribution in [0, 0.1) is 5.92 Å². The van der Waals surface area contributed by atoms with Crippen molar-refractivity contribution < 1.29 is 14.7 Å². The van der Waals surface area contributed by atoms with Crippen LogP contribution in [-0.2, 0) is 4.79 Å². The van der Waals surface area contributed by atoms with Crippen molar-refractivity contribution in [3.8, 4) is 0 Å². The zero-order valence-corrected chi connectivity index (χ0v) is 13.3. The molecule has 1 heterocycles. The second kappa shape index (κ2) is 7.36. The fraction of sp³-hybridized carbons (Fsp3) is 0.571. The van der Waals surface area contributed by atoms with E-state index in [0.717, 1.165) is 0 Å². The molecule has 0 radical (unpaired) electrons. The van der Waals surface area contributed by atoms with Crippen LogP contribution < -0.4 is 5.32 Å². The third kappa shape index (κ3) is 4.97. The number of carbonyl (C=O) groups is 2. The summed E-state index contributed by atoms with van der Waals surface area (Å²) in [6, 6.07) is -0.967. The van der Waals surface area contributed by atoms with E-state index in [0.29, 0.717) is 12.2 Å². The minimum absolute atomic E-state index is 0.00497. The molecule has 0 aliphatic carbocycles. The second-order valence-corrected chi connectivity index (χ2v) is 5.98. The van der Waals surface area contributed by atoms with Crippen LogP contribution in [0.15, 0.2) is 6.20 Å². The number of nitrogens with zero attached hydrogens (tertiary/aromatic N) is 2. The fourth-order valence-corrected chi connectivity index (χ4v) is 1.91. The van der Waals surface area contributed by atoms with Gasteiger partial charge in [-0.25, -0.2) is 14.8 Å². The lowest BCUT2D eigenvalue weighted by Crippen LogP contribution is -2.42. The first kappa shape index (κ1) is 17.4. The van der Waals surface area contributed by atoms with Crippen molar-refractivity contribution in [2.75, 3.05) is 0 Å². The Bertz CT molecular complexity index is 532. The topological polar surface area (TPSA) is 92.2 Å². The number of aliphatic carboxylic acids is 1. The number of carboxylic acids is 1. The van der Waals surface area contributed by atoms with Crippen molar-refractivity contribution in [1.29, 1.82) is 0 Å². The number of carbonyl (C=O) groups excluding carboxylic acids is 1. The van der Waals surface area contributed by atoms with E-state index >= 15 is 0 Å². The molecule has 2 N–H and O–H groups in total. The van der Waals surface area contributed by atoms with Crippen LogP contribution in [0.2, 0.25) is 5.02 Å². The normalized spacial score (nSPS) is 12.5. The van der Waals surface area contributed by atoms with Gasteiger partial charge in [0.25, 0.3) is 5.91 Å². The highest BCUT2D eigenvalue weighted by molar-refractivity contribution is 6.33. The zero-order chi connectivity index (χ0) is 16.2. The zero-order valence-electron chi connectivity index (χ0n) is 12.6. The molecule has 0 saturated carbocycles. The van der Waals surface area contributed by atoms with Gasteiger partial charge in [0.2, 0.25) is 0 Å². The number of hydrogen-bond donors (Lipinski definition) is 2. The molecule has 0 spiro atoms. The molecule has 0 unspecified atom stereocenters. The maximum atomic E-state index is 12.2. The summed E-state index contributed by atoms with van der Waals surface area (Å²) >= 11 is 5.93. The van der Waals surface area contributed by atoms with E-state index < -0.39 is 17.9 Å². The largest absolute Gasteiger partial charge is 0.480 e. The molecule has 1 aromatic rings. The number of nitrogens with one attached hydrogen (secondary N) is 1. The molecular weight excluding hydrogens is 294 g/mol. The van der Waals surface area contributed by atoms with Crippen LogP contribution in [0.1, 0.15) is 56.3 Å². The summed E-state index contributed by atoms with van der Waals surface area (Å²) in [4.78, 5) is 31.5. The standard InChI is InChI=1S/C14H20ClN3O3/c1-7(2)5-10(14(20)21)17-13(19)11-9(15)6-16-12(18-11)8(3)4/h6-8,10H,5H2,1-4H3,(H,17,19)(H,20,21)/t10-/m0/s1. The molecule has 1 rings (SSSR count). The minimum atomic E-state index is -1.08. The van der Waals surface area contributed by atoms with Gasteiger partial charge in [0.05, 0.1) is 11.2 Å². The maximum absolute atomic E-state index is 12.2. The molecule has 7 heteroatoms. The molecule has 0 fully saturated rings. The molecule has 116 valence electrons. The highest BCUT2D eigenvalue weighted by atomic mass is 35.5. The van der Waals surface area contributed by atoms with Crippen LogP contribution in [-0.4, -0.2) is 33.0 Å². The Morgan fingerprint density at radius 3 is 2.43 bits per heavy atom.